The lowest BCUT2D eigenvalue weighted by Gasteiger charge is -2.21. The van der Waals surface area contributed by atoms with Crippen LogP contribution in [-0.4, -0.2) is 32.0 Å². The largest absolute Gasteiger partial charge is 0.394 e. The summed E-state index contributed by atoms with van der Waals surface area (Å²) >= 11 is 0. The summed E-state index contributed by atoms with van der Waals surface area (Å²) in [6, 6.07) is 0. The number of aliphatic hydroxyl groups excluding tert-OH is 1. The van der Waals surface area contributed by atoms with Crippen molar-refractivity contribution < 1.29 is 5.11 Å². The lowest BCUT2D eigenvalue weighted by atomic mass is 10.0. The summed E-state index contributed by atoms with van der Waals surface area (Å²) in [6.07, 6.45) is 0.688. The van der Waals surface area contributed by atoms with Crippen molar-refractivity contribution in [2.75, 3.05) is 6.61 Å². The van der Waals surface area contributed by atoms with E-state index >= 15 is 0 Å². The van der Waals surface area contributed by atoms with Gasteiger partial charge in [0, 0.05) is 12.1 Å². The molecule has 0 aliphatic rings. The minimum Gasteiger partial charge on any atom is -0.394 e. The van der Waals surface area contributed by atoms with Gasteiger partial charge in [-0.1, -0.05) is 0 Å². The van der Waals surface area contributed by atoms with E-state index in [1.54, 1.807) is 0 Å². The smallest absolute Gasteiger partial charge is 0.147 e. The molecule has 3 N–H and O–H groups in total. The van der Waals surface area contributed by atoms with Gasteiger partial charge in [0.1, 0.15) is 11.6 Å². The first-order chi connectivity index (χ1) is 6.44. The molecule has 1 rings (SSSR count). The summed E-state index contributed by atoms with van der Waals surface area (Å²) in [5.41, 5.74) is 5.27. The number of nitrogens with zero attached hydrogens (tertiary/aromatic N) is 3. The van der Waals surface area contributed by atoms with Gasteiger partial charge in [-0.25, -0.2) is 4.98 Å². The van der Waals surface area contributed by atoms with Crippen LogP contribution in [0.3, 0.4) is 0 Å². The van der Waals surface area contributed by atoms with E-state index < -0.39 is 5.54 Å². The molecule has 80 valence electrons. The van der Waals surface area contributed by atoms with Crippen molar-refractivity contribution in [1.29, 1.82) is 0 Å². The summed E-state index contributed by atoms with van der Waals surface area (Å²) in [5.74, 6) is 1.65. The van der Waals surface area contributed by atoms with Crippen molar-refractivity contribution in [3.8, 4) is 0 Å². The van der Waals surface area contributed by atoms with Crippen LogP contribution >= 0.6 is 0 Å². The van der Waals surface area contributed by atoms with Crippen molar-refractivity contribution >= 4 is 0 Å². The molecule has 0 radical (unpaired) electrons. The van der Waals surface area contributed by atoms with Gasteiger partial charge >= 0.3 is 0 Å². The fourth-order valence-corrected chi connectivity index (χ4v) is 1.21. The number of aliphatic hydroxyl groups is 1. The molecule has 0 fully saturated rings. The van der Waals surface area contributed by atoms with Crippen molar-refractivity contribution in [1.82, 2.24) is 14.8 Å². The van der Waals surface area contributed by atoms with Crippen molar-refractivity contribution in [3.05, 3.63) is 11.6 Å². The summed E-state index contributed by atoms with van der Waals surface area (Å²) < 4.78 is 1.82. The minimum absolute atomic E-state index is 0.0142. The molecule has 0 aromatic carbocycles. The highest BCUT2D eigenvalue weighted by Crippen LogP contribution is 2.07. The Balaban J connectivity index is 2.58. The second kappa shape index (κ2) is 4.06. The fourth-order valence-electron chi connectivity index (χ4n) is 1.21. The molecule has 14 heavy (non-hydrogen) atoms. The molecule has 1 aromatic rings. The van der Waals surface area contributed by atoms with Crippen LogP contribution in [-0.2, 0) is 6.54 Å². The Labute approximate surface area is 83.9 Å². The molecule has 0 amide bonds. The minimum atomic E-state index is -0.535. The maximum atomic E-state index is 8.98. The van der Waals surface area contributed by atoms with E-state index in [9.17, 15) is 0 Å². The van der Waals surface area contributed by atoms with Crippen molar-refractivity contribution in [3.63, 3.8) is 0 Å². The highest BCUT2D eigenvalue weighted by Gasteiger charge is 2.17. The molecule has 0 aliphatic carbocycles. The van der Waals surface area contributed by atoms with Gasteiger partial charge < -0.3 is 10.8 Å². The Morgan fingerprint density at radius 3 is 2.57 bits per heavy atom. The fraction of sp³-hybridized carbons (Fsp3) is 0.778. The molecule has 5 heteroatoms. The monoisotopic (exact) mass is 198 g/mol. The summed E-state index contributed by atoms with van der Waals surface area (Å²) in [6.45, 7) is 6.27. The van der Waals surface area contributed by atoms with Crippen LogP contribution in [0.2, 0.25) is 0 Å². The zero-order chi connectivity index (χ0) is 10.8. The predicted octanol–water partition coefficient (Wildman–Crippen LogP) is -0.00526. The first kappa shape index (κ1) is 11.1. The van der Waals surface area contributed by atoms with Crippen LogP contribution in [0.5, 0.6) is 0 Å². The molecule has 0 saturated carbocycles. The van der Waals surface area contributed by atoms with E-state index in [0.717, 1.165) is 11.6 Å². The van der Waals surface area contributed by atoms with Crippen LogP contribution in [0.4, 0.5) is 0 Å². The second-order valence-corrected chi connectivity index (χ2v) is 3.99. The normalized spacial score (nSPS) is 15.5. The molecule has 1 heterocycles. The lowest BCUT2D eigenvalue weighted by Crippen LogP contribution is -2.41. The summed E-state index contributed by atoms with van der Waals surface area (Å²) in [7, 11) is 0. The molecule has 1 atom stereocenters. The summed E-state index contributed by atoms with van der Waals surface area (Å²) in [5, 5.41) is 13.2. The molecule has 0 bridgehead atoms. The maximum Gasteiger partial charge on any atom is 0.147 e. The SMILES string of the molecule is Cc1nc(C)n(CCC(C)(N)CO)n1. The van der Waals surface area contributed by atoms with E-state index in [4.69, 9.17) is 10.8 Å². The Morgan fingerprint density at radius 1 is 1.50 bits per heavy atom. The van der Waals surface area contributed by atoms with Gasteiger partial charge in [0.15, 0.2) is 0 Å². The molecule has 1 unspecified atom stereocenters. The van der Waals surface area contributed by atoms with Gasteiger partial charge in [0.05, 0.1) is 6.61 Å². The van der Waals surface area contributed by atoms with Gasteiger partial charge in [0.25, 0.3) is 0 Å². The quantitative estimate of drug-likeness (QED) is 0.713. The number of hydrogen-bond donors (Lipinski definition) is 2. The molecule has 0 saturated heterocycles. The Bertz CT molecular complexity index is 306. The van der Waals surface area contributed by atoms with E-state index in [1.807, 2.05) is 25.5 Å². The third-order valence-corrected chi connectivity index (χ3v) is 2.22. The first-order valence-electron chi connectivity index (χ1n) is 4.72. The van der Waals surface area contributed by atoms with E-state index in [2.05, 4.69) is 10.1 Å². The van der Waals surface area contributed by atoms with E-state index in [-0.39, 0.29) is 6.61 Å². The van der Waals surface area contributed by atoms with Gasteiger partial charge in [-0.15, -0.1) is 0 Å². The van der Waals surface area contributed by atoms with Gasteiger partial charge in [-0.2, -0.15) is 5.10 Å². The zero-order valence-corrected chi connectivity index (χ0v) is 8.99. The highest BCUT2D eigenvalue weighted by molar-refractivity contribution is 4.88. The average Bonchev–Trinajstić information content (AvgIpc) is 2.42. The second-order valence-electron chi connectivity index (χ2n) is 3.99. The standard InChI is InChI=1S/C9H18N4O/c1-7-11-8(2)13(12-7)5-4-9(3,10)6-14/h14H,4-6,10H2,1-3H3. The molecule has 5 nitrogen and oxygen atoms in total. The molecule has 0 spiro atoms. The van der Waals surface area contributed by atoms with Crippen LogP contribution in [0, 0.1) is 13.8 Å². The van der Waals surface area contributed by atoms with Gasteiger partial charge in [0.2, 0.25) is 0 Å². The number of nitrogens with two attached hydrogens (primary N) is 1. The number of hydrogen-bond acceptors (Lipinski definition) is 4. The number of aromatic nitrogens is 3. The Kier molecular flexibility index (Phi) is 3.23. The van der Waals surface area contributed by atoms with Crippen molar-refractivity contribution in [2.45, 2.75) is 39.3 Å². The Hall–Kier alpha value is -0.940. The van der Waals surface area contributed by atoms with E-state index in [0.29, 0.717) is 13.0 Å². The van der Waals surface area contributed by atoms with Gasteiger partial charge in [-0.3, -0.25) is 4.68 Å². The van der Waals surface area contributed by atoms with Crippen LogP contribution in [0.25, 0.3) is 0 Å². The van der Waals surface area contributed by atoms with Crippen LogP contribution < -0.4 is 5.73 Å². The molecular weight excluding hydrogens is 180 g/mol. The lowest BCUT2D eigenvalue weighted by molar-refractivity contribution is 0.193. The first-order valence-corrected chi connectivity index (χ1v) is 4.72. The number of rotatable bonds is 4. The number of aryl methyl sites for hydroxylation is 3. The maximum absolute atomic E-state index is 8.98. The van der Waals surface area contributed by atoms with Crippen LogP contribution in [0.1, 0.15) is 25.0 Å². The molecular formula is C9H18N4O. The summed E-state index contributed by atoms with van der Waals surface area (Å²) in [4.78, 5) is 4.19. The van der Waals surface area contributed by atoms with Crippen LogP contribution in [0.15, 0.2) is 0 Å². The van der Waals surface area contributed by atoms with Crippen molar-refractivity contribution in [2.24, 2.45) is 5.73 Å². The average molecular weight is 198 g/mol. The molecule has 0 aliphatic heterocycles. The third kappa shape index (κ3) is 2.78. The predicted molar refractivity (Wildman–Crippen MR) is 53.8 cm³/mol. The van der Waals surface area contributed by atoms with Gasteiger partial charge in [-0.05, 0) is 27.2 Å². The third-order valence-electron chi connectivity index (χ3n) is 2.22. The highest BCUT2D eigenvalue weighted by atomic mass is 16.3. The van der Waals surface area contributed by atoms with E-state index in [1.165, 1.54) is 0 Å². The topological polar surface area (TPSA) is 77.0 Å². The Morgan fingerprint density at radius 2 is 2.14 bits per heavy atom. The zero-order valence-electron chi connectivity index (χ0n) is 8.99. The molecule has 1 aromatic heterocycles.